The maximum Gasteiger partial charge on any atom is 0.240 e. The van der Waals surface area contributed by atoms with E-state index in [1.807, 2.05) is 31.2 Å². The quantitative estimate of drug-likeness (QED) is 0.835. The van der Waals surface area contributed by atoms with Crippen LogP contribution in [0.5, 0.6) is 0 Å². The molecule has 4 nitrogen and oxygen atoms in total. The monoisotopic (exact) mass is 271 g/mol. The number of anilines is 1. The van der Waals surface area contributed by atoms with E-state index in [0.29, 0.717) is 5.92 Å². The second kappa shape index (κ2) is 5.96. The molecule has 106 valence electrons. The van der Waals surface area contributed by atoms with Gasteiger partial charge in [0, 0.05) is 5.69 Å². The molecule has 1 atom stereocenters. The molecule has 4 heteroatoms. The number of hydrogen-bond donors (Lipinski definition) is 2. The molecule has 1 aromatic carbocycles. The second-order valence-corrected chi connectivity index (χ2v) is 5.50. The van der Waals surface area contributed by atoms with Crippen LogP contribution >= 0.6 is 0 Å². The van der Waals surface area contributed by atoms with Crippen molar-refractivity contribution < 1.29 is 4.79 Å². The summed E-state index contributed by atoms with van der Waals surface area (Å²) in [5, 5.41) is 15.2. The fourth-order valence-electron chi connectivity index (χ4n) is 2.39. The lowest BCUT2D eigenvalue weighted by atomic mass is 9.98. The summed E-state index contributed by atoms with van der Waals surface area (Å²) in [5.41, 5.74) is 1.45. The summed E-state index contributed by atoms with van der Waals surface area (Å²) in [6, 6.07) is 10.2. The highest BCUT2D eigenvalue weighted by molar-refractivity contribution is 5.82. The first-order valence-electron chi connectivity index (χ1n) is 7.13. The minimum Gasteiger partial charge on any atom is -0.376 e. The molecule has 20 heavy (non-hydrogen) atoms. The fraction of sp³-hybridized carbons (Fsp3) is 0.500. The van der Waals surface area contributed by atoms with Crippen molar-refractivity contribution in [1.82, 2.24) is 5.32 Å². The number of rotatable bonds is 6. The number of nitriles is 1. The average molecular weight is 271 g/mol. The van der Waals surface area contributed by atoms with Crippen molar-refractivity contribution in [2.75, 3.05) is 11.9 Å². The second-order valence-electron chi connectivity index (χ2n) is 5.50. The average Bonchev–Trinajstić information content (AvgIpc) is 3.30. The summed E-state index contributed by atoms with van der Waals surface area (Å²) in [6.07, 6.45) is 2.97. The number of benzene rings is 1. The Morgan fingerprint density at radius 1 is 1.45 bits per heavy atom. The van der Waals surface area contributed by atoms with Crippen molar-refractivity contribution in [2.24, 2.45) is 5.92 Å². The zero-order valence-electron chi connectivity index (χ0n) is 12.1. The van der Waals surface area contributed by atoms with Gasteiger partial charge in [0.25, 0.3) is 0 Å². The van der Waals surface area contributed by atoms with E-state index in [4.69, 9.17) is 0 Å². The first-order chi connectivity index (χ1) is 9.59. The molecule has 0 aromatic heterocycles. The molecule has 2 N–H and O–H groups in total. The van der Waals surface area contributed by atoms with E-state index in [0.717, 1.165) is 24.9 Å². The van der Waals surface area contributed by atoms with Gasteiger partial charge in [-0.15, -0.1) is 0 Å². The molecule has 2 rings (SSSR count). The molecule has 0 spiro atoms. The molecule has 0 saturated heterocycles. The zero-order valence-corrected chi connectivity index (χ0v) is 12.1. The summed E-state index contributed by atoms with van der Waals surface area (Å²) in [5.74, 6) is 0.172. The minimum atomic E-state index is -0.719. The van der Waals surface area contributed by atoms with Gasteiger partial charge in [0.05, 0.1) is 12.6 Å². The van der Waals surface area contributed by atoms with Crippen LogP contribution in [0.4, 0.5) is 5.69 Å². The summed E-state index contributed by atoms with van der Waals surface area (Å²) in [7, 11) is 0. The lowest BCUT2D eigenvalue weighted by Crippen LogP contribution is -2.48. The Morgan fingerprint density at radius 2 is 2.15 bits per heavy atom. The molecule has 1 saturated carbocycles. The predicted octanol–water partition coefficient (Wildman–Crippen LogP) is 2.47. The van der Waals surface area contributed by atoms with Crippen molar-refractivity contribution in [3.8, 4) is 6.07 Å². The smallest absolute Gasteiger partial charge is 0.240 e. The summed E-state index contributed by atoms with van der Waals surface area (Å²) in [6.45, 7) is 4.09. The Hall–Kier alpha value is -2.02. The number of hydrogen-bond acceptors (Lipinski definition) is 3. The third-order valence-electron chi connectivity index (χ3n) is 3.86. The number of para-hydroxylation sites is 1. The maximum atomic E-state index is 12.0. The van der Waals surface area contributed by atoms with Gasteiger partial charge in [0.2, 0.25) is 5.91 Å². The molecule has 1 aromatic rings. The number of nitrogens with one attached hydrogen (secondary N) is 2. The van der Waals surface area contributed by atoms with E-state index in [-0.39, 0.29) is 12.5 Å². The van der Waals surface area contributed by atoms with E-state index in [2.05, 4.69) is 23.6 Å². The van der Waals surface area contributed by atoms with Gasteiger partial charge < -0.3 is 10.6 Å². The maximum absolute atomic E-state index is 12.0. The van der Waals surface area contributed by atoms with Crippen LogP contribution in [0, 0.1) is 17.2 Å². The molecule has 0 bridgehead atoms. The highest BCUT2D eigenvalue weighted by Crippen LogP contribution is 2.39. The number of aryl methyl sites for hydroxylation is 1. The number of carbonyl (C=O) groups is 1. The van der Waals surface area contributed by atoms with Crippen LogP contribution in [0.2, 0.25) is 0 Å². The summed E-state index contributed by atoms with van der Waals surface area (Å²) in [4.78, 5) is 12.0. The van der Waals surface area contributed by atoms with Crippen molar-refractivity contribution in [3.63, 3.8) is 0 Å². The van der Waals surface area contributed by atoms with Gasteiger partial charge in [-0.25, -0.2) is 0 Å². The van der Waals surface area contributed by atoms with Crippen LogP contribution in [0.3, 0.4) is 0 Å². The van der Waals surface area contributed by atoms with Gasteiger partial charge in [-0.3, -0.25) is 4.79 Å². The topological polar surface area (TPSA) is 64.9 Å². The van der Waals surface area contributed by atoms with Gasteiger partial charge in [-0.05, 0) is 43.7 Å². The van der Waals surface area contributed by atoms with Gasteiger partial charge in [-0.2, -0.15) is 5.26 Å². The Kier molecular flexibility index (Phi) is 4.29. The van der Waals surface area contributed by atoms with Crippen molar-refractivity contribution in [3.05, 3.63) is 29.8 Å². The Bertz CT molecular complexity index is 531. The van der Waals surface area contributed by atoms with E-state index < -0.39 is 5.54 Å². The highest BCUT2D eigenvalue weighted by atomic mass is 16.2. The molecule has 1 aliphatic rings. The van der Waals surface area contributed by atoms with Crippen molar-refractivity contribution in [2.45, 2.75) is 38.6 Å². The molecule has 1 amide bonds. The van der Waals surface area contributed by atoms with Gasteiger partial charge in [0.15, 0.2) is 0 Å². The zero-order chi connectivity index (χ0) is 14.6. The molecule has 1 fully saturated rings. The van der Waals surface area contributed by atoms with Crippen molar-refractivity contribution in [1.29, 1.82) is 5.26 Å². The van der Waals surface area contributed by atoms with Crippen LogP contribution in [0.15, 0.2) is 24.3 Å². The van der Waals surface area contributed by atoms with E-state index in [9.17, 15) is 10.1 Å². The normalized spacial score (nSPS) is 16.9. The molecule has 1 unspecified atom stereocenters. The Balaban J connectivity index is 1.91. The molecular weight excluding hydrogens is 250 g/mol. The standard InChI is InChI=1S/C16H21N3O/c1-3-12-6-4-5-7-14(12)18-10-15(20)19-16(2,11-17)13-8-9-13/h4-7,13,18H,3,8-10H2,1-2H3,(H,19,20). The molecular formula is C16H21N3O. The number of carbonyl (C=O) groups excluding carboxylic acids is 1. The van der Waals surface area contributed by atoms with Crippen molar-refractivity contribution >= 4 is 11.6 Å². The van der Waals surface area contributed by atoms with E-state index >= 15 is 0 Å². The molecule has 0 radical (unpaired) electrons. The third kappa shape index (κ3) is 3.30. The van der Waals surface area contributed by atoms with Crippen LogP contribution in [-0.4, -0.2) is 18.0 Å². The van der Waals surface area contributed by atoms with E-state index in [1.54, 1.807) is 0 Å². The first kappa shape index (κ1) is 14.4. The van der Waals surface area contributed by atoms with Crippen LogP contribution < -0.4 is 10.6 Å². The van der Waals surface area contributed by atoms with Gasteiger partial charge in [0.1, 0.15) is 5.54 Å². The van der Waals surface area contributed by atoms with E-state index in [1.165, 1.54) is 5.56 Å². The number of nitrogens with zero attached hydrogens (tertiary/aromatic N) is 1. The summed E-state index contributed by atoms with van der Waals surface area (Å²) < 4.78 is 0. The van der Waals surface area contributed by atoms with Crippen LogP contribution in [0.1, 0.15) is 32.3 Å². The lowest BCUT2D eigenvalue weighted by molar-refractivity contribution is -0.120. The molecule has 1 aliphatic carbocycles. The number of amides is 1. The molecule has 0 aliphatic heterocycles. The predicted molar refractivity (Wildman–Crippen MR) is 79.2 cm³/mol. The SMILES string of the molecule is CCc1ccccc1NCC(=O)NC(C)(C#N)C1CC1. The molecule has 0 heterocycles. The van der Waals surface area contributed by atoms with Gasteiger partial charge in [-0.1, -0.05) is 25.1 Å². The summed E-state index contributed by atoms with van der Waals surface area (Å²) >= 11 is 0. The van der Waals surface area contributed by atoms with Gasteiger partial charge >= 0.3 is 0 Å². The van der Waals surface area contributed by atoms with Crippen LogP contribution in [-0.2, 0) is 11.2 Å². The highest BCUT2D eigenvalue weighted by Gasteiger charge is 2.42. The lowest BCUT2D eigenvalue weighted by Gasteiger charge is -2.23. The minimum absolute atomic E-state index is 0.133. The Labute approximate surface area is 120 Å². The Morgan fingerprint density at radius 3 is 2.75 bits per heavy atom. The van der Waals surface area contributed by atoms with Crippen LogP contribution in [0.25, 0.3) is 0 Å². The largest absolute Gasteiger partial charge is 0.376 e. The first-order valence-corrected chi connectivity index (χ1v) is 7.13. The fourth-order valence-corrected chi connectivity index (χ4v) is 2.39. The third-order valence-corrected chi connectivity index (χ3v) is 3.86.